The van der Waals surface area contributed by atoms with Gasteiger partial charge in [-0.25, -0.2) is 4.39 Å². The Morgan fingerprint density at radius 3 is 2.26 bits per heavy atom. The van der Waals surface area contributed by atoms with Gasteiger partial charge in [0.1, 0.15) is 5.83 Å². The first kappa shape index (κ1) is 21.4. The molecule has 0 unspecified atom stereocenters. The number of hydrogen-bond donors (Lipinski definition) is 1. The molecule has 0 aliphatic rings. The molecule has 0 atom stereocenters. The minimum absolute atomic E-state index is 0.122. The second-order valence-electron chi connectivity index (χ2n) is 5.52. The Balaban J connectivity index is 3.63. The third kappa shape index (κ3) is 18.3. The predicted molar refractivity (Wildman–Crippen MR) is 96.1 cm³/mol. The fourth-order valence-corrected chi connectivity index (χ4v) is 1.96. The summed E-state index contributed by atoms with van der Waals surface area (Å²) in [5, 5.41) is 8.48. The van der Waals surface area contributed by atoms with Crippen LogP contribution in [0.2, 0.25) is 0 Å². The second-order valence-corrected chi connectivity index (χ2v) is 5.52. The van der Waals surface area contributed by atoms with Crippen LogP contribution >= 0.6 is 0 Å². The summed E-state index contributed by atoms with van der Waals surface area (Å²) in [6.45, 7) is 2.20. The number of unbranched alkanes of at least 4 members (excludes halogenated alkanes) is 4. The average molecular weight is 322 g/mol. The molecule has 0 saturated heterocycles. The van der Waals surface area contributed by atoms with E-state index in [0.29, 0.717) is 19.3 Å². The van der Waals surface area contributed by atoms with Gasteiger partial charge in [-0.2, -0.15) is 0 Å². The van der Waals surface area contributed by atoms with Crippen LogP contribution in [0, 0.1) is 0 Å². The molecular formula is C20H31FO2. The molecular weight excluding hydrogens is 291 g/mol. The van der Waals surface area contributed by atoms with E-state index >= 15 is 0 Å². The molecule has 0 amide bonds. The van der Waals surface area contributed by atoms with E-state index in [1.807, 2.05) is 24.3 Å². The van der Waals surface area contributed by atoms with Crippen LogP contribution in [0.15, 0.2) is 48.4 Å². The first-order valence-corrected chi connectivity index (χ1v) is 8.68. The molecule has 0 aliphatic carbocycles. The lowest BCUT2D eigenvalue weighted by atomic mass is 10.2. The van der Waals surface area contributed by atoms with Gasteiger partial charge in [-0.05, 0) is 44.6 Å². The van der Waals surface area contributed by atoms with Crippen LogP contribution in [0.25, 0.3) is 0 Å². The Bertz CT molecular complexity index is 406. The molecule has 0 heterocycles. The topological polar surface area (TPSA) is 37.3 Å². The molecule has 0 radical (unpaired) electrons. The SMILES string of the molecule is CCCCCC=CCC=CCC(F)=CCC=CCCCC(=O)O. The third-order valence-corrected chi connectivity index (χ3v) is 3.30. The zero-order chi connectivity index (χ0) is 17.2. The van der Waals surface area contributed by atoms with Crippen LogP contribution in [-0.4, -0.2) is 11.1 Å². The van der Waals surface area contributed by atoms with Crippen LogP contribution < -0.4 is 0 Å². The lowest BCUT2D eigenvalue weighted by Crippen LogP contribution is -1.92. The summed E-state index contributed by atoms with van der Waals surface area (Å²) in [5.41, 5.74) is 0. The minimum Gasteiger partial charge on any atom is -0.481 e. The van der Waals surface area contributed by atoms with Gasteiger partial charge < -0.3 is 5.11 Å². The number of aliphatic carboxylic acids is 1. The Hall–Kier alpha value is -1.64. The average Bonchev–Trinajstić information content (AvgIpc) is 2.52. The highest BCUT2D eigenvalue weighted by atomic mass is 19.1. The normalized spacial score (nSPS) is 12.9. The lowest BCUT2D eigenvalue weighted by molar-refractivity contribution is -0.137. The van der Waals surface area contributed by atoms with E-state index in [9.17, 15) is 9.18 Å². The third-order valence-electron chi connectivity index (χ3n) is 3.30. The van der Waals surface area contributed by atoms with Crippen molar-refractivity contribution in [3.63, 3.8) is 0 Å². The van der Waals surface area contributed by atoms with Crippen molar-refractivity contribution >= 4 is 5.97 Å². The monoisotopic (exact) mass is 322 g/mol. The van der Waals surface area contributed by atoms with Crippen molar-refractivity contribution in [3.05, 3.63) is 48.4 Å². The Labute approximate surface area is 140 Å². The number of allylic oxidation sites excluding steroid dienone is 8. The van der Waals surface area contributed by atoms with Crippen molar-refractivity contribution in [2.75, 3.05) is 0 Å². The molecule has 0 aromatic carbocycles. The summed E-state index contributed by atoms with van der Waals surface area (Å²) in [4.78, 5) is 10.3. The van der Waals surface area contributed by atoms with Gasteiger partial charge in [-0.3, -0.25) is 4.79 Å². The summed E-state index contributed by atoms with van der Waals surface area (Å²) < 4.78 is 13.5. The van der Waals surface area contributed by atoms with Gasteiger partial charge in [0.2, 0.25) is 0 Å². The predicted octanol–water partition coefficient (Wildman–Crippen LogP) is 6.51. The molecule has 0 saturated carbocycles. The van der Waals surface area contributed by atoms with Gasteiger partial charge in [-0.15, -0.1) is 0 Å². The van der Waals surface area contributed by atoms with Gasteiger partial charge in [0.05, 0.1) is 0 Å². The number of rotatable bonds is 14. The maximum Gasteiger partial charge on any atom is 0.303 e. The van der Waals surface area contributed by atoms with Gasteiger partial charge in [-0.1, -0.05) is 56.2 Å². The fourth-order valence-electron chi connectivity index (χ4n) is 1.96. The molecule has 130 valence electrons. The largest absolute Gasteiger partial charge is 0.481 e. The summed E-state index contributed by atoms with van der Waals surface area (Å²) in [6, 6.07) is 0. The van der Waals surface area contributed by atoms with Crippen LogP contribution in [0.4, 0.5) is 4.39 Å². The fraction of sp³-hybridized carbons (Fsp3) is 0.550. The van der Waals surface area contributed by atoms with Crippen molar-refractivity contribution in [1.29, 1.82) is 0 Å². The molecule has 3 heteroatoms. The molecule has 0 rings (SSSR count). The van der Waals surface area contributed by atoms with Gasteiger partial charge >= 0.3 is 5.97 Å². The molecule has 0 bridgehead atoms. The van der Waals surface area contributed by atoms with Crippen molar-refractivity contribution in [3.8, 4) is 0 Å². The molecule has 0 aromatic heterocycles. The zero-order valence-electron chi connectivity index (χ0n) is 14.3. The van der Waals surface area contributed by atoms with E-state index in [-0.39, 0.29) is 12.2 Å². The van der Waals surface area contributed by atoms with Crippen molar-refractivity contribution in [2.45, 2.75) is 71.1 Å². The molecule has 0 fully saturated rings. The number of hydrogen-bond acceptors (Lipinski definition) is 1. The van der Waals surface area contributed by atoms with Crippen molar-refractivity contribution in [1.82, 2.24) is 0 Å². The van der Waals surface area contributed by atoms with E-state index < -0.39 is 5.97 Å². The highest BCUT2D eigenvalue weighted by Gasteiger charge is 1.93. The first-order valence-electron chi connectivity index (χ1n) is 8.68. The van der Waals surface area contributed by atoms with Gasteiger partial charge in [0.15, 0.2) is 0 Å². The molecule has 23 heavy (non-hydrogen) atoms. The molecule has 1 N–H and O–H groups in total. The second kappa shape index (κ2) is 16.7. The lowest BCUT2D eigenvalue weighted by Gasteiger charge is -1.92. The van der Waals surface area contributed by atoms with Crippen LogP contribution in [-0.2, 0) is 4.79 Å². The van der Waals surface area contributed by atoms with E-state index in [2.05, 4.69) is 19.1 Å². The molecule has 0 aliphatic heterocycles. The van der Waals surface area contributed by atoms with E-state index in [0.717, 1.165) is 19.3 Å². The summed E-state index contributed by atoms with van der Waals surface area (Å²) in [7, 11) is 0. The summed E-state index contributed by atoms with van der Waals surface area (Å²) >= 11 is 0. The highest BCUT2D eigenvalue weighted by Crippen LogP contribution is 2.07. The molecule has 0 aromatic rings. The van der Waals surface area contributed by atoms with E-state index in [1.54, 1.807) is 6.08 Å². The highest BCUT2D eigenvalue weighted by molar-refractivity contribution is 5.66. The standard InChI is InChI=1S/C20H31FO2/c1-2-3-4-5-6-7-8-10-13-16-19(21)17-14-11-9-12-15-18-20(22)23/h6-7,9-11,13,17H,2-5,8,12,14-16,18H2,1H3,(H,22,23). The Morgan fingerprint density at radius 1 is 0.913 bits per heavy atom. The zero-order valence-corrected chi connectivity index (χ0v) is 14.3. The maximum atomic E-state index is 13.5. The smallest absolute Gasteiger partial charge is 0.303 e. The summed E-state index contributed by atoms with van der Waals surface area (Å²) in [6.07, 6.45) is 21.8. The molecule has 0 spiro atoms. The quantitative estimate of drug-likeness (QED) is 0.292. The van der Waals surface area contributed by atoms with Gasteiger partial charge in [0, 0.05) is 12.8 Å². The van der Waals surface area contributed by atoms with Crippen molar-refractivity contribution < 1.29 is 14.3 Å². The van der Waals surface area contributed by atoms with Crippen LogP contribution in [0.5, 0.6) is 0 Å². The summed E-state index contributed by atoms with van der Waals surface area (Å²) in [5.74, 6) is -0.893. The van der Waals surface area contributed by atoms with Crippen LogP contribution in [0.3, 0.4) is 0 Å². The molecule has 2 nitrogen and oxygen atoms in total. The Morgan fingerprint density at radius 2 is 1.57 bits per heavy atom. The van der Waals surface area contributed by atoms with E-state index in [4.69, 9.17) is 5.11 Å². The van der Waals surface area contributed by atoms with Crippen LogP contribution in [0.1, 0.15) is 71.1 Å². The Kier molecular flexibility index (Phi) is 15.5. The number of carboxylic acid groups (broad SMARTS) is 1. The van der Waals surface area contributed by atoms with Gasteiger partial charge in [0.25, 0.3) is 0 Å². The number of halogens is 1. The number of carboxylic acids is 1. The first-order chi connectivity index (χ1) is 11.2. The van der Waals surface area contributed by atoms with E-state index in [1.165, 1.54) is 19.3 Å². The number of carbonyl (C=O) groups is 1. The minimum atomic E-state index is -0.771. The maximum absolute atomic E-state index is 13.5. The van der Waals surface area contributed by atoms with Crippen molar-refractivity contribution in [2.24, 2.45) is 0 Å².